The van der Waals surface area contributed by atoms with Gasteiger partial charge in [0.1, 0.15) is 12.4 Å². The zero-order valence-corrected chi connectivity index (χ0v) is 18.0. The van der Waals surface area contributed by atoms with Crippen molar-refractivity contribution in [1.82, 2.24) is 9.88 Å². The molecule has 1 aliphatic heterocycles. The molecule has 0 aliphatic carbocycles. The van der Waals surface area contributed by atoms with Crippen LogP contribution in [0.25, 0.3) is 0 Å². The van der Waals surface area contributed by atoms with Gasteiger partial charge in [0.2, 0.25) is 0 Å². The van der Waals surface area contributed by atoms with Gasteiger partial charge < -0.3 is 19.7 Å². The van der Waals surface area contributed by atoms with Gasteiger partial charge in [0.25, 0.3) is 11.8 Å². The van der Waals surface area contributed by atoms with Crippen molar-refractivity contribution in [3.8, 4) is 5.75 Å². The van der Waals surface area contributed by atoms with Gasteiger partial charge >= 0.3 is 0 Å². The molecule has 1 saturated heterocycles. The third-order valence-corrected chi connectivity index (χ3v) is 5.64. The zero-order chi connectivity index (χ0) is 21.6. The number of carbonyl (C=O) groups is 2. The fraction of sp³-hybridized carbons (Fsp3) is 0.261. The second-order valence-corrected chi connectivity index (χ2v) is 8.18. The number of hydrogen-bond donors (Lipinski definition) is 1. The molecule has 2 amide bonds. The van der Waals surface area contributed by atoms with Crippen molar-refractivity contribution in [2.45, 2.75) is 13.5 Å². The first-order valence-corrected chi connectivity index (χ1v) is 10.9. The second kappa shape index (κ2) is 9.72. The molecule has 31 heavy (non-hydrogen) atoms. The Labute approximate surface area is 184 Å². The number of hydrogen-bond acceptors (Lipinski definition) is 6. The van der Waals surface area contributed by atoms with E-state index in [0.29, 0.717) is 55.5 Å². The highest BCUT2D eigenvalue weighted by Crippen LogP contribution is 2.19. The first kappa shape index (κ1) is 21.0. The number of anilines is 1. The van der Waals surface area contributed by atoms with Crippen molar-refractivity contribution in [2.24, 2.45) is 0 Å². The molecule has 3 aromatic rings. The molecular formula is C23H23N3O4S. The predicted octanol–water partition coefficient (Wildman–Crippen LogP) is 3.76. The Morgan fingerprint density at radius 3 is 2.68 bits per heavy atom. The summed E-state index contributed by atoms with van der Waals surface area (Å²) in [5.74, 6) is 0.257. The molecule has 0 bridgehead atoms. The van der Waals surface area contributed by atoms with E-state index < -0.39 is 0 Å². The Hall–Kier alpha value is -3.23. The van der Waals surface area contributed by atoms with E-state index in [0.717, 1.165) is 10.7 Å². The van der Waals surface area contributed by atoms with Gasteiger partial charge in [0.05, 0.1) is 23.9 Å². The Bertz CT molecular complexity index is 1080. The maximum atomic E-state index is 12.7. The minimum absolute atomic E-state index is 0.0629. The molecule has 8 heteroatoms. The van der Waals surface area contributed by atoms with E-state index in [4.69, 9.17) is 9.47 Å². The van der Waals surface area contributed by atoms with Gasteiger partial charge in [-0.05, 0) is 43.3 Å². The average molecular weight is 438 g/mol. The molecule has 7 nitrogen and oxygen atoms in total. The number of carbonyl (C=O) groups excluding carboxylic acids is 2. The Morgan fingerprint density at radius 1 is 1.13 bits per heavy atom. The topological polar surface area (TPSA) is 80.8 Å². The maximum Gasteiger partial charge on any atom is 0.255 e. The lowest BCUT2D eigenvalue weighted by Gasteiger charge is -2.27. The largest absolute Gasteiger partial charge is 0.487 e. The Kier molecular flexibility index (Phi) is 6.59. The molecule has 0 spiro atoms. The lowest BCUT2D eigenvalue weighted by molar-refractivity contribution is 0.0303. The molecule has 2 aromatic carbocycles. The van der Waals surface area contributed by atoms with E-state index in [2.05, 4.69) is 10.3 Å². The van der Waals surface area contributed by atoms with E-state index in [-0.39, 0.29) is 11.8 Å². The third-order valence-electron chi connectivity index (χ3n) is 4.82. The monoisotopic (exact) mass is 437 g/mol. The Balaban J connectivity index is 1.40. The Morgan fingerprint density at radius 2 is 1.90 bits per heavy atom. The number of morpholine rings is 1. The third kappa shape index (κ3) is 5.48. The van der Waals surface area contributed by atoms with Crippen LogP contribution in [0.1, 0.15) is 31.4 Å². The van der Waals surface area contributed by atoms with Gasteiger partial charge in [-0.3, -0.25) is 9.59 Å². The lowest BCUT2D eigenvalue weighted by atomic mass is 10.1. The van der Waals surface area contributed by atoms with Crippen LogP contribution < -0.4 is 10.1 Å². The molecular weight excluding hydrogens is 414 g/mol. The van der Waals surface area contributed by atoms with Gasteiger partial charge in [-0.1, -0.05) is 12.1 Å². The van der Waals surface area contributed by atoms with Crippen LogP contribution in [0.3, 0.4) is 0 Å². The molecule has 0 radical (unpaired) electrons. The van der Waals surface area contributed by atoms with Crippen molar-refractivity contribution in [3.63, 3.8) is 0 Å². The molecule has 0 atom stereocenters. The summed E-state index contributed by atoms with van der Waals surface area (Å²) >= 11 is 1.57. The summed E-state index contributed by atoms with van der Waals surface area (Å²) in [7, 11) is 0. The molecule has 1 fully saturated rings. The van der Waals surface area contributed by atoms with Crippen LogP contribution in [0.4, 0.5) is 5.69 Å². The standard InChI is InChI=1S/C23H23N3O4S/c1-16-24-20(15-31-16)14-30-21-7-3-4-17(13-21)22(27)25-19-6-2-5-18(12-19)23(28)26-8-10-29-11-9-26/h2-7,12-13,15H,8-11,14H2,1H3,(H,25,27). The summed E-state index contributed by atoms with van der Waals surface area (Å²) in [6.07, 6.45) is 0. The van der Waals surface area contributed by atoms with Crippen molar-refractivity contribution in [2.75, 3.05) is 31.6 Å². The fourth-order valence-electron chi connectivity index (χ4n) is 3.24. The summed E-state index contributed by atoms with van der Waals surface area (Å²) < 4.78 is 11.1. The molecule has 4 rings (SSSR count). The normalized spacial score (nSPS) is 13.6. The first-order valence-electron chi connectivity index (χ1n) is 10.0. The predicted molar refractivity (Wildman–Crippen MR) is 119 cm³/mol. The summed E-state index contributed by atoms with van der Waals surface area (Å²) in [6.45, 7) is 4.53. The summed E-state index contributed by atoms with van der Waals surface area (Å²) in [6, 6.07) is 14.0. The zero-order valence-electron chi connectivity index (χ0n) is 17.2. The van der Waals surface area contributed by atoms with Crippen molar-refractivity contribution in [1.29, 1.82) is 0 Å². The highest BCUT2D eigenvalue weighted by Gasteiger charge is 2.19. The smallest absolute Gasteiger partial charge is 0.255 e. The van der Waals surface area contributed by atoms with Gasteiger partial charge in [0.15, 0.2) is 0 Å². The van der Waals surface area contributed by atoms with Crippen LogP contribution >= 0.6 is 11.3 Å². The molecule has 2 heterocycles. The lowest BCUT2D eigenvalue weighted by Crippen LogP contribution is -2.40. The molecule has 0 unspecified atom stereocenters. The number of aromatic nitrogens is 1. The molecule has 1 N–H and O–H groups in total. The van der Waals surface area contributed by atoms with Crippen molar-refractivity contribution in [3.05, 3.63) is 75.7 Å². The highest BCUT2D eigenvalue weighted by molar-refractivity contribution is 7.09. The van der Waals surface area contributed by atoms with Crippen LogP contribution in [0.15, 0.2) is 53.9 Å². The van der Waals surface area contributed by atoms with Crippen LogP contribution in [-0.2, 0) is 11.3 Å². The minimum atomic E-state index is -0.272. The number of nitrogens with zero attached hydrogens (tertiary/aromatic N) is 2. The van der Waals surface area contributed by atoms with Crippen LogP contribution in [0.5, 0.6) is 5.75 Å². The molecule has 160 valence electrons. The molecule has 1 aromatic heterocycles. The first-order chi connectivity index (χ1) is 15.1. The number of nitrogens with one attached hydrogen (secondary N) is 1. The quantitative estimate of drug-likeness (QED) is 0.635. The minimum Gasteiger partial charge on any atom is -0.487 e. The molecule has 1 aliphatic rings. The van der Waals surface area contributed by atoms with E-state index in [1.54, 1.807) is 64.8 Å². The van der Waals surface area contributed by atoms with E-state index in [1.165, 1.54) is 0 Å². The molecule has 0 saturated carbocycles. The number of benzene rings is 2. The van der Waals surface area contributed by atoms with Crippen LogP contribution in [0.2, 0.25) is 0 Å². The summed E-state index contributed by atoms with van der Waals surface area (Å²) in [5.41, 5.74) is 2.43. The van der Waals surface area contributed by atoms with E-state index in [1.807, 2.05) is 12.3 Å². The second-order valence-electron chi connectivity index (χ2n) is 7.11. The maximum absolute atomic E-state index is 12.7. The summed E-state index contributed by atoms with van der Waals surface area (Å²) in [4.78, 5) is 31.5. The van der Waals surface area contributed by atoms with Gasteiger partial charge in [-0.2, -0.15) is 0 Å². The van der Waals surface area contributed by atoms with Crippen molar-refractivity contribution < 1.29 is 19.1 Å². The van der Waals surface area contributed by atoms with Gasteiger partial charge in [-0.15, -0.1) is 11.3 Å². The van der Waals surface area contributed by atoms with Gasteiger partial charge in [-0.25, -0.2) is 4.98 Å². The SMILES string of the molecule is Cc1nc(COc2cccc(C(=O)Nc3cccc(C(=O)N4CCOCC4)c3)c2)cs1. The number of rotatable bonds is 6. The number of aryl methyl sites for hydroxylation is 1. The number of thiazole rings is 1. The highest BCUT2D eigenvalue weighted by atomic mass is 32.1. The summed E-state index contributed by atoms with van der Waals surface area (Å²) in [5, 5.41) is 5.80. The average Bonchev–Trinajstić information content (AvgIpc) is 3.23. The van der Waals surface area contributed by atoms with Crippen molar-refractivity contribution >= 4 is 28.8 Å². The van der Waals surface area contributed by atoms with Crippen LogP contribution in [-0.4, -0.2) is 48.0 Å². The number of ether oxygens (including phenoxy) is 2. The fourth-order valence-corrected chi connectivity index (χ4v) is 3.84. The number of amides is 2. The van der Waals surface area contributed by atoms with E-state index >= 15 is 0 Å². The van der Waals surface area contributed by atoms with Crippen LogP contribution in [0, 0.1) is 6.92 Å². The van der Waals surface area contributed by atoms with Gasteiger partial charge in [0, 0.05) is 35.3 Å². The van der Waals surface area contributed by atoms with E-state index in [9.17, 15) is 9.59 Å².